The van der Waals surface area contributed by atoms with Gasteiger partial charge in [0.1, 0.15) is 0 Å². The van der Waals surface area contributed by atoms with E-state index in [2.05, 4.69) is 50.4 Å². The van der Waals surface area contributed by atoms with Crippen LogP contribution in [-0.4, -0.2) is 23.8 Å². The molecule has 2 N–H and O–H groups in total. The molecule has 0 saturated heterocycles. The van der Waals surface area contributed by atoms with Crippen molar-refractivity contribution in [2.24, 2.45) is 5.41 Å². The van der Waals surface area contributed by atoms with Crippen LogP contribution in [-0.2, 0) is 9.53 Å². The summed E-state index contributed by atoms with van der Waals surface area (Å²) in [5.41, 5.74) is 4.48. The molecule has 2 atom stereocenters. The molecule has 0 aromatic heterocycles. The highest BCUT2D eigenvalue weighted by molar-refractivity contribution is 6.01. The van der Waals surface area contributed by atoms with Crippen molar-refractivity contribution in [2.75, 3.05) is 6.61 Å². The maximum atomic E-state index is 13.4. The van der Waals surface area contributed by atoms with E-state index in [4.69, 9.17) is 4.74 Å². The number of dihydropyridines is 1. The van der Waals surface area contributed by atoms with Crippen LogP contribution in [0.15, 0.2) is 65.0 Å². The van der Waals surface area contributed by atoms with Gasteiger partial charge in [-0.1, -0.05) is 63.2 Å². The number of aliphatic hydroxyl groups excluding tert-OH is 1. The molecular formula is C26H31NO3. The summed E-state index contributed by atoms with van der Waals surface area (Å²) in [4.78, 5) is 13.4. The number of rotatable bonds is 5. The van der Waals surface area contributed by atoms with Crippen LogP contribution in [0.25, 0.3) is 10.8 Å². The van der Waals surface area contributed by atoms with E-state index in [0.29, 0.717) is 13.0 Å². The predicted octanol–water partition coefficient (Wildman–Crippen LogP) is 5.19. The summed E-state index contributed by atoms with van der Waals surface area (Å²) in [6, 6.07) is 14.4. The predicted molar refractivity (Wildman–Crippen MR) is 120 cm³/mol. The molecule has 4 nitrogen and oxygen atoms in total. The minimum Gasteiger partial charge on any atom is -0.364 e. The van der Waals surface area contributed by atoms with Gasteiger partial charge in [-0.2, -0.15) is 0 Å². The highest BCUT2D eigenvalue weighted by Crippen LogP contribution is 2.49. The van der Waals surface area contributed by atoms with E-state index in [-0.39, 0.29) is 17.1 Å². The van der Waals surface area contributed by atoms with Gasteiger partial charge in [0.2, 0.25) is 0 Å². The molecule has 4 heteroatoms. The second-order valence-corrected chi connectivity index (χ2v) is 9.05. The minimum atomic E-state index is -1.06. The van der Waals surface area contributed by atoms with Gasteiger partial charge in [-0.25, -0.2) is 0 Å². The van der Waals surface area contributed by atoms with Gasteiger partial charge in [-0.05, 0) is 41.5 Å². The normalized spacial score (nSPS) is 22.2. The summed E-state index contributed by atoms with van der Waals surface area (Å²) in [6.07, 6.45) is 0.996. The van der Waals surface area contributed by atoms with E-state index in [0.717, 1.165) is 51.7 Å². The first-order valence-electron chi connectivity index (χ1n) is 10.9. The zero-order chi connectivity index (χ0) is 21.5. The summed E-state index contributed by atoms with van der Waals surface area (Å²) in [5, 5.41) is 16.8. The SMILES string of the molecule is CCOC(O)C1=C(CC)NC2=C(C(=O)CC(C)(C)C2)C1c1cccc2ccccc12. The summed E-state index contributed by atoms with van der Waals surface area (Å²) >= 11 is 0. The quantitative estimate of drug-likeness (QED) is 0.672. The lowest BCUT2D eigenvalue weighted by molar-refractivity contribution is -0.118. The Balaban J connectivity index is 1.99. The molecule has 0 radical (unpaired) electrons. The van der Waals surface area contributed by atoms with E-state index in [1.54, 1.807) is 0 Å². The average Bonchev–Trinajstić information content (AvgIpc) is 2.71. The molecule has 0 bridgehead atoms. The molecular weight excluding hydrogens is 374 g/mol. The highest BCUT2D eigenvalue weighted by Gasteiger charge is 2.43. The van der Waals surface area contributed by atoms with Gasteiger partial charge < -0.3 is 15.2 Å². The number of Topliss-reactive ketones (excluding diaryl/α,β-unsaturated/α-hetero) is 1. The summed E-state index contributed by atoms with van der Waals surface area (Å²) in [5.74, 6) is -0.157. The van der Waals surface area contributed by atoms with Crippen LogP contribution in [0.4, 0.5) is 0 Å². The summed E-state index contributed by atoms with van der Waals surface area (Å²) in [7, 11) is 0. The van der Waals surface area contributed by atoms with E-state index in [1.807, 2.05) is 25.1 Å². The number of benzene rings is 2. The Morgan fingerprint density at radius 3 is 2.60 bits per heavy atom. The van der Waals surface area contributed by atoms with Crippen LogP contribution in [0.2, 0.25) is 0 Å². The largest absolute Gasteiger partial charge is 0.364 e. The molecule has 1 aliphatic heterocycles. The number of hydrogen-bond donors (Lipinski definition) is 2. The number of aliphatic hydroxyl groups is 1. The van der Waals surface area contributed by atoms with Crippen LogP contribution in [0.3, 0.4) is 0 Å². The standard InChI is InChI=1S/C26H31NO3/c1-5-19-24(25(29)30-6-2)22(18-13-9-11-16-10-7-8-12-17(16)18)23-20(27-19)14-26(3,4)15-21(23)28/h7-13,22,25,27,29H,5-6,14-15H2,1-4H3. The molecule has 30 heavy (non-hydrogen) atoms. The van der Waals surface area contributed by atoms with Gasteiger partial charge in [0, 0.05) is 41.5 Å². The fraction of sp³-hybridized carbons (Fsp3) is 0.423. The van der Waals surface area contributed by atoms with Crippen molar-refractivity contribution < 1.29 is 14.6 Å². The maximum Gasteiger partial charge on any atom is 0.179 e. The van der Waals surface area contributed by atoms with Crippen LogP contribution in [0.1, 0.15) is 58.4 Å². The van der Waals surface area contributed by atoms with E-state index >= 15 is 0 Å². The lowest BCUT2D eigenvalue weighted by Gasteiger charge is -2.41. The van der Waals surface area contributed by atoms with Gasteiger partial charge in [0.15, 0.2) is 12.1 Å². The van der Waals surface area contributed by atoms with Crippen molar-refractivity contribution in [3.63, 3.8) is 0 Å². The van der Waals surface area contributed by atoms with Crippen molar-refractivity contribution in [3.8, 4) is 0 Å². The Labute approximate surface area is 178 Å². The molecule has 0 amide bonds. The first-order valence-corrected chi connectivity index (χ1v) is 10.9. The first kappa shape index (κ1) is 20.8. The Hall–Kier alpha value is -2.43. The molecule has 2 aliphatic rings. The van der Waals surface area contributed by atoms with Gasteiger partial charge in [-0.15, -0.1) is 0 Å². The van der Waals surface area contributed by atoms with Gasteiger partial charge in [0.25, 0.3) is 0 Å². The monoisotopic (exact) mass is 405 g/mol. The molecule has 1 aliphatic carbocycles. The zero-order valence-corrected chi connectivity index (χ0v) is 18.3. The third-order valence-electron chi connectivity index (χ3n) is 6.25. The van der Waals surface area contributed by atoms with Crippen LogP contribution in [0.5, 0.6) is 0 Å². The molecule has 0 spiro atoms. The number of nitrogens with one attached hydrogen (secondary N) is 1. The summed E-state index contributed by atoms with van der Waals surface area (Å²) in [6.45, 7) is 8.63. The molecule has 0 saturated carbocycles. The fourth-order valence-corrected chi connectivity index (χ4v) is 5.02. The molecule has 1 heterocycles. The number of fused-ring (bicyclic) bond motifs is 1. The number of hydrogen-bond acceptors (Lipinski definition) is 4. The number of allylic oxidation sites excluding steroid dienone is 3. The molecule has 2 aromatic rings. The maximum absolute atomic E-state index is 13.4. The van der Waals surface area contributed by atoms with Crippen molar-refractivity contribution in [1.82, 2.24) is 5.32 Å². The van der Waals surface area contributed by atoms with Crippen molar-refractivity contribution in [2.45, 2.75) is 59.2 Å². The van der Waals surface area contributed by atoms with Crippen molar-refractivity contribution in [1.29, 1.82) is 0 Å². The van der Waals surface area contributed by atoms with Crippen LogP contribution in [0, 0.1) is 5.41 Å². The molecule has 2 unspecified atom stereocenters. The number of ketones is 1. The minimum absolute atomic E-state index is 0.0822. The highest BCUT2D eigenvalue weighted by atomic mass is 16.6. The Bertz CT molecular complexity index is 1040. The lowest BCUT2D eigenvalue weighted by Crippen LogP contribution is -2.40. The zero-order valence-electron chi connectivity index (χ0n) is 18.3. The lowest BCUT2D eigenvalue weighted by atomic mass is 9.68. The summed E-state index contributed by atoms with van der Waals surface area (Å²) < 4.78 is 5.66. The molecule has 0 fully saturated rings. The topological polar surface area (TPSA) is 58.6 Å². The molecule has 158 valence electrons. The first-order chi connectivity index (χ1) is 14.4. The molecule has 2 aromatic carbocycles. The molecule has 4 rings (SSSR count). The van der Waals surface area contributed by atoms with E-state index < -0.39 is 6.29 Å². The van der Waals surface area contributed by atoms with Gasteiger partial charge >= 0.3 is 0 Å². The van der Waals surface area contributed by atoms with E-state index in [9.17, 15) is 9.90 Å². The van der Waals surface area contributed by atoms with Crippen molar-refractivity contribution >= 4 is 16.6 Å². The number of carbonyl (C=O) groups is 1. The smallest absolute Gasteiger partial charge is 0.179 e. The van der Waals surface area contributed by atoms with Gasteiger partial charge in [-0.3, -0.25) is 4.79 Å². The van der Waals surface area contributed by atoms with Gasteiger partial charge in [0.05, 0.1) is 0 Å². The second kappa shape index (κ2) is 8.01. The number of carbonyl (C=O) groups excluding carboxylic acids is 1. The average molecular weight is 406 g/mol. The Morgan fingerprint density at radius 1 is 1.13 bits per heavy atom. The van der Waals surface area contributed by atoms with Crippen LogP contribution < -0.4 is 5.32 Å². The second-order valence-electron chi connectivity index (χ2n) is 9.05. The number of ether oxygens (including phenoxy) is 1. The third kappa shape index (κ3) is 3.59. The Morgan fingerprint density at radius 2 is 1.87 bits per heavy atom. The Kier molecular flexibility index (Phi) is 5.56. The van der Waals surface area contributed by atoms with Crippen molar-refractivity contribution in [3.05, 3.63) is 70.6 Å². The van der Waals surface area contributed by atoms with E-state index in [1.165, 1.54) is 0 Å². The fourth-order valence-electron chi connectivity index (χ4n) is 5.02. The van der Waals surface area contributed by atoms with Crippen LogP contribution >= 0.6 is 0 Å². The third-order valence-corrected chi connectivity index (χ3v) is 6.25.